The summed E-state index contributed by atoms with van der Waals surface area (Å²) in [4.78, 5) is 26.2. The van der Waals surface area contributed by atoms with Gasteiger partial charge in [-0.05, 0) is 29.8 Å². The molecule has 2 aromatic carbocycles. The monoisotopic (exact) mass is 526 g/mol. The van der Waals surface area contributed by atoms with Gasteiger partial charge in [-0.15, -0.1) is 0 Å². The van der Waals surface area contributed by atoms with Gasteiger partial charge in [0.15, 0.2) is 5.69 Å². The Hall–Kier alpha value is -3.32. The number of nitrogens with zero attached hydrogens (tertiary/aromatic N) is 3. The third kappa shape index (κ3) is 5.42. The predicted molar refractivity (Wildman–Crippen MR) is 110 cm³/mol. The first-order valence-corrected chi connectivity index (χ1v) is 9.68. The van der Waals surface area contributed by atoms with Crippen molar-refractivity contribution in [2.45, 2.75) is 18.9 Å². The summed E-state index contributed by atoms with van der Waals surface area (Å²) in [5.74, 6) is -0.843. The van der Waals surface area contributed by atoms with Crippen LogP contribution in [0, 0.1) is 10.1 Å². The minimum Gasteiger partial charge on any atom is -0.320 e. The highest BCUT2D eigenvalue weighted by molar-refractivity contribution is 6.31. The second-order valence-electron chi connectivity index (χ2n) is 6.73. The van der Waals surface area contributed by atoms with Crippen LogP contribution in [0.4, 0.5) is 43.7 Å². The average molecular weight is 527 g/mol. The Kier molecular flexibility index (Phi) is 6.80. The maximum Gasteiger partial charge on any atom is 0.435 e. The molecule has 0 atom stereocenters. The first-order valence-electron chi connectivity index (χ1n) is 8.93. The van der Waals surface area contributed by atoms with E-state index in [9.17, 15) is 41.3 Å². The van der Waals surface area contributed by atoms with Gasteiger partial charge in [-0.2, -0.15) is 26.3 Å². The number of hydrogen-bond donors (Lipinski definition) is 1. The number of nitro benzene ring substituents is 1. The Morgan fingerprint density at radius 1 is 1.03 bits per heavy atom. The Labute approximate surface area is 195 Å². The normalized spacial score (nSPS) is 12.0. The van der Waals surface area contributed by atoms with Gasteiger partial charge in [0.05, 0.1) is 17.0 Å². The maximum atomic E-state index is 13.4. The Bertz CT molecular complexity index is 1320. The van der Waals surface area contributed by atoms with Crippen LogP contribution in [0.2, 0.25) is 10.0 Å². The molecule has 0 unspecified atom stereocenters. The molecule has 0 saturated heterocycles. The summed E-state index contributed by atoms with van der Waals surface area (Å²) in [6, 6.07) is 7.18. The fourth-order valence-electron chi connectivity index (χ4n) is 2.86. The molecule has 0 aliphatic rings. The molecule has 3 aromatic rings. The lowest BCUT2D eigenvalue weighted by atomic mass is 10.1. The molecular weight excluding hydrogens is 517 g/mol. The molecule has 15 heteroatoms. The number of anilines is 2. The zero-order valence-electron chi connectivity index (χ0n) is 16.3. The van der Waals surface area contributed by atoms with Crippen LogP contribution >= 0.6 is 23.2 Å². The number of alkyl halides is 6. The first-order chi connectivity index (χ1) is 15.7. The van der Waals surface area contributed by atoms with Crippen LogP contribution in [-0.4, -0.2) is 14.5 Å². The number of hydrogen-bond acceptors (Lipinski definition) is 5. The van der Waals surface area contributed by atoms with E-state index in [2.05, 4.69) is 10.3 Å². The molecule has 0 aliphatic heterocycles. The molecular formula is C19H10Cl2F6N4O3. The molecule has 1 N–H and O–H groups in total. The Morgan fingerprint density at radius 3 is 2.26 bits per heavy atom. The maximum absolute atomic E-state index is 13.4. The summed E-state index contributed by atoms with van der Waals surface area (Å²) in [5.41, 5.74) is -5.90. The molecule has 0 fully saturated rings. The summed E-state index contributed by atoms with van der Waals surface area (Å²) in [7, 11) is 0. The van der Waals surface area contributed by atoms with Gasteiger partial charge in [0, 0.05) is 11.1 Å². The molecule has 0 aliphatic carbocycles. The van der Waals surface area contributed by atoms with Crippen LogP contribution in [0.3, 0.4) is 0 Å². The fourth-order valence-corrected chi connectivity index (χ4v) is 3.33. The summed E-state index contributed by atoms with van der Waals surface area (Å²) in [6.07, 6.45) is -10.1. The van der Waals surface area contributed by atoms with Crippen molar-refractivity contribution in [1.82, 2.24) is 9.55 Å². The smallest absolute Gasteiger partial charge is 0.320 e. The van der Waals surface area contributed by atoms with E-state index in [1.165, 1.54) is 24.3 Å². The van der Waals surface area contributed by atoms with Gasteiger partial charge in [0.1, 0.15) is 10.7 Å². The molecule has 3 rings (SSSR count). The van der Waals surface area contributed by atoms with Crippen molar-refractivity contribution in [1.29, 1.82) is 0 Å². The van der Waals surface area contributed by atoms with E-state index in [-0.39, 0.29) is 11.1 Å². The number of halogens is 8. The topological polar surface area (TPSA) is 90.1 Å². The van der Waals surface area contributed by atoms with E-state index in [0.717, 1.165) is 0 Å². The van der Waals surface area contributed by atoms with E-state index >= 15 is 0 Å². The quantitative estimate of drug-likeness (QED) is 0.240. The first kappa shape index (κ1) is 25.3. The van der Waals surface area contributed by atoms with Crippen molar-refractivity contribution in [3.05, 3.63) is 89.8 Å². The lowest BCUT2D eigenvalue weighted by molar-refractivity contribution is -0.384. The van der Waals surface area contributed by atoms with Crippen LogP contribution in [0.5, 0.6) is 0 Å². The van der Waals surface area contributed by atoms with Gasteiger partial charge in [0.25, 0.3) is 11.2 Å². The largest absolute Gasteiger partial charge is 0.435 e. The Balaban J connectivity index is 2.21. The molecule has 0 bridgehead atoms. The highest BCUT2D eigenvalue weighted by Gasteiger charge is 2.38. The highest BCUT2D eigenvalue weighted by atomic mass is 35.5. The van der Waals surface area contributed by atoms with Crippen LogP contribution in [0.15, 0.2) is 47.3 Å². The van der Waals surface area contributed by atoms with Crippen molar-refractivity contribution in [2.75, 3.05) is 5.32 Å². The van der Waals surface area contributed by atoms with Crippen LogP contribution in [0.1, 0.15) is 16.8 Å². The number of rotatable bonds is 5. The summed E-state index contributed by atoms with van der Waals surface area (Å²) < 4.78 is 79.7. The second kappa shape index (κ2) is 9.14. The number of aromatic nitrogens is 2. The minimum absolute atomic E-state index is 0.197. The van der Waals surface area contributed by atoms with E-state index in [4.69, 9.17) is 23.2 Å². The third-order valence-corrected chi connectivity index (χ3v) is 4.96. The van der Waals surface area contributed by atoms with Crippen LogP contribution in [-0.2, 0) is 18.9 Å². The highest BCUT2D eigenvalue weighted by Crippen LogP contribution is 2.37. The van der Waals surface area contributed by atoms with Crippen molar-refractivity contribution < 1.29 is 31.3 Å². The molecule has 0 amide bonds. The van der Waals surface area contributed by atoms with Crippen molar-refractivity contribution >= 4 is 40.5 Å². The summed E-state index contributed by atoms with van der Waals surface area (Å²) in [5, 5.41) is 12.5. The van der Waals surface area contributed by atoms with Gasteiger partial charge in [-0.25, -0.2) is 4.98 Å². The molecule has 7 nitrogen and oxygen atoms in total. The standard InChI is InChI=1S/C19H10Cl2F6N4O3/c20-11-3-1-2-9(6-11)8-30-16(32)14(21)15(19(25,26)27)29-17(30)28-12-5-4-10(18(22,23)24)7-13(12)31(33)34/h1-7H,8H2,(H,28,29). The number of nitro groups is 1. The summed E-state index contributed by atoms with van der Waals surface area (Å²) in [6.45, 7) is -0.416. The molecule has 0 saturated carbocycles. The zero-order valence-corrected chi connectivity index (χ0v) is 17.9. The van der Waals surface area contributed by atoms with E-state index in [1.807, 2.05) is 0 Å². The average Bonchev–Trinajstić information content (AvgIpc) is 2.71. The SMILES string of the molecule is O=c1c(Cl)c(C(F)(F)F)nc(Nc2ccc(C(F)(F)F)cc2[N+](=O)[O-])n1Cc1cccc(Cl)c1. The molecule has 1 heterocycles. The molecule has 0 spiro atoms. The van der Waals surface area contributed by atoms with Gasteiger partial charge < -0.3 is 5.32 Å². The molecule has 0 radical (unpaired) electrons. The van der Waals surface area contributed by atoms with Crippen LogP contribution in [0.25, 0.3) is 0 Å². The van der Waals surface area contributed by atoms with Crippen molar-refractivity contribution in [2.24, 2.45) is 0 Å². The van der Waals surface area contributed by atoms with Crippen molar-refractivity contribution in [3.63, 3.8) is 0 Å². The van der Waals surface area contributed by atoms with E-state index in [0.29, 0.717) is 22.3 Å². The number of nitrogens with one attached hydrogen (secondary N) is 1. The summed E-state index contributed by atoms with van der Waals surface area (Å²) >= 11 is 11.5. The van der Waals surface area contributed by atoms with E-state index in [1.54, 1.807) is 0 Å². The molecule has 180 valence electrons. The third-order valence-electron chi connectivity index (χ3n) is 4.38. The van der Waals surface area contributed by atoms with Crippen LogP contribution < -0.4 is 10.9 Å². The van der Waals surface area contributed by atoms with Gasteiger partial charge >= 0.3 is 12.4 Å². The van der Waals surface area contributed by atoms with E-state index < -0.39 is 63.0 Å². The number of benzene rings is 2. The lowest BCUT2D eigenvalue weighted by Crippen LogP contribution is -2.29. The van der Waals surface area contributed by atoms with Gasteiger partial charge in [-0.1, -0.05) is 35.3 Å². The molecule has 34 heavy (non-hydrogen) atoms. The minimum atomic E-state index is -5.17. The lowest BCUT2D eigenvalue weighted by Gasteiger charge is -2.18. The van der Waals surface area contributed by atoms with Crippen molar-refractivity contribution in [3.8, 4) is 0 Å². The van der Waals surface area contributed by atoms with Gasteiger partial charge in [0.2, 0.25) is 5.95 Å². The zero-order chi connectivity index (χ0) is 25.4. The fraction of sp³-hybridized carbons (Fsp3) is 0.158. The van der Waals surface area contributed by atoms with Gasteiger partial charge in [-0.3, -0.25) is 19.5 Å². The Morgan fingerprint density at radius 2 is 1.71 bits per heavy atom. The predicted octanol–water partition coefficient (Wildman–Crippen LogP) is 6.29. The molecule has 1 aromatic heterocycles. The second-order valence-corrected chi connectivity index (χ2v) is 7.54.